The summed E-state index contributed by atoms with van der Waals surface area (Å²) < 4.78 is 31.4. The van der Waals surface area contributed by atoms with Crippen molar-refractivity contribution in [1.29, 1.82) is 0 Å². The van der Waals surface area contributed by atoms with Crippen LogP contribution in [0.2, 0.25) is 0 Å². The molecule has 1 aliphatic heterocycles. The zero-order chi connectivity index (χ0) is 20.6. The molecule has 1 fully saturated rings. The zero-order valence-electron chi connectivity index (χ0n) is 15.9. The standard InChI is InChI=1S/C20H20N4O3S2/c1-13-12-14(8-9-15(13)23-29(2,25)26)24-19(17-7-5-11-27-17)18(22-20(24)28)16-6-3-4-10-21-16/h3-12,18-19,23H,1-2H3,(H,22,28)/t18-,19-/m0/s1. The summed E-state index contributed by atoms with van der Waals surface area (Å²) in [7, 11) is -3.36. The largest absolute Gasteiger partial charge is 0.467 e. The SMILES string of the molecule is Cc1cc(N2C(=S)N[C@@H](c3ccccn3)[C@@H]2c2ccco2)ccc1NS(C)(=O)=O. The quantitative estimate of drug-likeness (QED) is 0.601. The Morgan fingerprint density at radius 3 is 2.66 bits per heavy atom. The molecule has 29 heavy (non-hydrogen) atoms. The molecule has 0 unspecified atom stereocenters. The van der Waals surface area contributed by atoms with Gasteiger partial charge >= 0.3 is 0 Å². The Labute approximate surface area is 174 Å². The van der Waals surface area contributed by atoms with Crippen molar-refractivity contribution in [2.45, 2.75) is 19.0 Å². The molecule has 3 heterocycles. The third kappa shape index (κ3) is 3.96. The lowest BCUT2D eigenvalue weighted by molar-refractivity contribution is 0.432. The lowest BCUT2D eigenvalue weighted by Gasteiger charge is -2.26. The lowest BCUT2D eigenvalue weighted by atomic mass is 10.0. The average molecular weight is 429 g/mol. The van der Waals surface area contributed by atoms with E-state index in [9.17, 15) is 8.42 Å². The van der Waals surface area contributed by atoms with Crippen LogP contribution in [-0.2, 0) is 10.0 Å². The van der Waals surface area contributed by atoms with Crippen molar-refractivity contribution < 1.29 is 12.8 Å². The van der Waals surface area contributed by atoms with E-state index in [-0.39, 0.29) is 12.1 Å². The molecule has 0 aliphatic carbocycles. The van der Waals surface area contributed by atoms with Crippen molar-refractivity contribution in [3.63, 3.8) is 0 Å². The molecular weight excluding hydrogens is 408 g/mol. The second-order valence-electron chi connectivity index (χ2n) is 6.89. The van der Waals surface area contributed by atoms with Gasteiger partial charge in [-0.15, -0.1) is 0 Å². The predicted molar refractivity (Wildman–Crippen MR) is 116 cm³/mol. The van der Waals surface area contributed by atoms with Crippen LogP contribution in [0, 0.1) is 6.92 Å². The molecule has 0 bridgehead atoms. The van der Waals surface area contributed by atoms with Crippen LogP contribution in [0.15, 0.2) is 65.4 Å². The minimum Gasteiger partial charge on any atom is -0.467 e. The topological polar surface area (TPSA) is 87.5 Å². The second kappa shape index (κ2) is 7.49. The Kier molecular flexibility index (Phi) is 5.01. The summed E-state index contributed by atoms with van der Waals surface area (Å²) in [6.45, 7) is 1.85. The predicted octanol–water partition coefficient (Wildman–Crippen LogP) is 3.53. The molecule has 4 rings (SSSR count). The Bertz CT molecular complexity index is 1130. The molecule has 150 valence electrons. The molecule has 3 aromatic rings. The zero-order valence-corrected chi connectivity index (χ0v) is 17.5. The molecule has 1 aromatic carbocycles. The summed E-state index contributed by atoms with van der Waals surface area (Å²) in [5.74, 6) is 0.754. The van der Waals surface area contributed by atoms with E-state index in [2.05, 4.69) is 15.0 Å². The van der Waals surface area contributed by atoms with Gasteiger partial charge in [-0.05, 0) is 67.2 Å². The number of nitrogens with one attached hydrogen (secondary N) is 2. The molecule has 1 saturated heterocycles. The number of aryl methyl sites for hydroxylation is 1. The average Bonchev–Trinajstić information content (AvgIpc) is 3.30. The third-order valence-corrected chi connectivity index (χ3v) is 5.62. The van der Waals surface area contributed by atoms with E-state index in [4.69, 9.17) is 16.6 Å². The Morgan fingerprint density at radius 2 is 2.03 bits per heavy atom. The van der Waals surface area contributed by atoms with Crippen LogP contribution in [0.3, 0.4) is 0 Å². The molecule has 0 radical (unpaired) electrons. The summed E-state index contributed by atoms with van der Waals surface area (Å²) in [4.78, 5) is 6.47. The van der Waals surface area contributed by atoms with Crippen molar-refractivity contribution >= 4 is 38.7 Å². The fraction of sp³-hybridized carbons (Fsp3) is 0.200. The van der Waals surface area contributed by atoms with E-state index >= 15 is 0 Å². The van der Waals surface area contributed by atoms with Gasteiger partial charge in [0.05, 0.1) is 29.9 Å². The highest BCUT2D eigenvalue weighted by molar-refractivity contribution is 7.92. The van der Waals surface area contributed by atoms with Crippen LogP contribution in [0.4, 0.5) is 11.4 Å². The van der Waals surface area contributed by atoms with Gasteiger partial charge in [-0.1, -0.05) is 6.07 Å². The highest BCUT2D eigenvalue weighted by Gasteiger charge is 2.42. The molecule has 0 spiro atoms. The maximum Gasteiger partial charge on any atom is 0.229 e. The summed E-state index contributed by atoms with van der Waals surface area (Å²) in [6, 6.07) is 14.6. The first-order chi connectivity index (χ1) is 13.8. The van der Waals surface area contributed by atoms with Gasteiger partial charge in [0.25, 0.3) is 0 Å². The number of anilines is 2. The Balaban J connectivity index is 1.76. The molecule has 1 aliphatic rings. The monoisotopic (exact) mass is 428 g/mol. The molecule has 0 saturated carbocycles. The van der Waals surface area contributed by atoms with Crippen LogP contribution >= 0.6 is 12.2 Å². The number of nitrogens with zero attached hydrogens (tertiary/aromatic N) is 2. The van der Waals surface area contributed by atoms with Crippen molar-refractivity contribution in [3.8, 4) is 0 Å². The van der Waals surface area contributed by atoms with Gasteiger partial charge < -0.3 is 14.6 Å². The number of benzene rings is 1. The van der Waals surface area contributed by atoms with Crippen molar-refractivity contribution in [2.24, 2.45) is 0 Å². The van der Waals surface area contributed by atoms with E-state index < -0.39 is 10.0 Å². The summed E-state index contributed by atoms with van der Waals surface area (Å²) in [6.07, 6.45) is 4.51. The molecule has 7 nitrogen and oxygen atoms in total. The number of rotatable bonds is 5. The fourth-order valence-corrected chi connectivity index (χ4v) is 4.47. The van der Waals surface area contributed by atoms with Gasteiger partial charge in [-0.3, -0.25) is 9.71 Å². The minimum absolute atomic E-state index is 0.191. The van der Waals surface area contributed by atoms with E-state index in [0.29, 0.717) is 10.8 Å². The second-order valence-corrected chi connectivity index (χ2v) is 9.02. The third-order valence-electron chi connectivity index (χ3n) is 4.72. The minimum atomic E-state index is -3.36. The number of aromatic nitrogens is 1. The van der Waals surface area contributed by atoms with Crippen LogP contribution in [-0.4, -0.2) is 24.8 Å². The van der Waals surface area contributed by atoms with Gasteiger partial charge in [-0.2, -0.15) is 0 Å². The molecule has 2 atom stereocenters. The molecule has 2 aromatic heterocycles. The molecule has 9 heteroatoms. The molecule has 0 amide bonds. The maximum absolute atomic E-state index is 11.6. The van der Waals surface area contributed by atoms with E-state index in [0.717, 1.165) is 29.0 Å². The first-order valence-corrected chi connectivity index (χ1v) is 11.3. The van der Waals surface area contributed by atoms with E-state index in [1.54, 1.807) is 18.5 Å². The highest BCUT2D eigenvalue weighted by atomic mass is 32.2. The summed E-state index contributed by atoms with van der Waals surface area (Å²) in [5.41, 5.74) is 3.00. The molecule has 2 N–H and O–H groups in total. The van der Waals surface area contributed by atoms with Crippen LogP contribution < -0.4 is 14.9 Å². The van der Waals surface area contributed by atoms with E-state index in [1.807, 2.05) is 54.3 Å². The molecular formula is C20H20N4O3S2. The first kappa shape index (κ1) is 19.4. The van der Waals surface area contributed by atoms with Gasteiger partial charge in [0.2, 0.25) is 10.0 Å². The van der Waals surface area contributed by atoms with E-state index in [1.165, 1.54) is 0 Å². The summed E-state index contributed by atoms with van der Waals surface area (Å²) >= 11 is 5.65. The highest BCUT2D eigenvalue weighted by Crippen LogP contribution is 2.42. The Hall–Kier alpha value is -2.91. The smallest absolute Gasteiger partial charge is 0.229 e. The first-order valence-electron chi connectivity index (χ1n) is 8.96. The number of hydrogen-bond acceptors (Lipinski definition) is 5. The maximum atomic E-state index is 11.6. The number of pyridine rings is 1. The van der Waals surface area contributed by atoms with Gasteiger partial charge in [0, 0.05) is 11.9 Å². The van der Waals surface area contributed by atoms with Gasteiger partial charge in [-0.25, -0.2) is 8.42 Å². The lowest BCUT2D eigenvalue weighted by Crippen LogP contribution is -2.29. The Morgan fingerprint density at radius 1 is 1.21 bits per heavy atom. The van der Waals surface area contributed by atoms with Crippen LogP contribution in [0.25, 0.3) is 0 Å². The number of sulfonamides is 1. The number of hydrogen-bond donors (Lipinski definition) is 2. The van der Waals surface area contributed by atoms with Crippen molar-refractivity contribution in [1.82, 2.24) is 10.3 Å². The van der Waals surface area contributed by atoms with Gasteiger partial charge in [0.15, 0.2) is 5.11 Å². The van der Waals surface area contributed by atoms with Crippen molar-refractivity contribution in [3.05, 3.63) is 78.0 Å². The van der Waals surface area contributed by atoms with Gasteiger partial charge in [0.1, 0.15) is 11.8 Å². The van der Waals surface area contributed by atoms with Crippen LogP contribution in [0.5, 0.6) is 0 Å². The summed E-state index contributed by atoms with van der Waals surface area (Å²) in [5, 5.41) is 3.90. The fourth-order valence-electron chi connectivity index (χ4n) is 3.49. The number of thiocarbonyl (C=S) groups is 1. The van der Waals surface area contributed by atoms with Crippen molar-refractivity contribution in [2.75, 3.05) is 15.9 Å². The normalized spacial score (nSPS) is 19.2. The number of furan rings is 1. The van der Waals surface area contributed by atoms with Crippen LogP contribution in [0.1, 0.15) is 29.1 Å².